The summed E-state index contributed by atoms with van der Waals surface area (Å²) in [5.74, 6) is 0.889. The van der Waals surface area contributed by atoms with E-state index in [2.05, 4.69) is 9.97 Å². The number of fused-ring (bicyclic) bond motifs is 1. The lowest BCUT2D eigenvalue weighted by molar-refractivity contribution is -0.520. The predicted octanol–water partition coefficient (Wildman–Crippen LogP) is 0.457. The monoisotopic (exact) mass is 134 g/mol. The lowest BCUT2D eigenvalue weighted by Crippen LogP contribution is -2.22. The van der Waals surface area contributed by atoms with Gasteiger partial charge in [0.05, 0.1) is 12.4 Å². The van der Waals surface area contributed by atoms with E-state index in [9.17, 15) is 0 Å². The summed E-state index contributed by atoms with van der Waals surface area (Å²) < 4.78 is 2.00. The molecule has 2 heterocycles. The van der Waals surface area contributed by atoms with Crippen LogP contribution in [0.1, 0.15) is 5.69 Å². The molecule has 0 radical (unpaired) electrons. The maximum absolute atomic E-state index is 4.11. The number of nitrogens with one attached hydrogen (secondary N) is 1. The van der Waals surface area contributed by atoms with E-state index in [0.717, 1.165) is 5.78 Å². The van der Waals surface area contributed by atoms with Crippen LogP contribution < -0.4 is 4.40 Å². The van der Waals surface area contributed by atoms with Crippen LogP contribution in [0.4, 0.5) is 0 Å². The Morgan fingerprint density at radius 2 is 2.50 bits per heavy atom. The molecule has 2 rings (SSSR count). The van der Waals surface area contributed by atoms with Crippen molar-refractivity contribution in [1.29, 1.82) is 0 Å². The zero-order valence-electron chi connectivity index (χ0n) is 5.70. The second kappa shape index (κ2) is 1.80. The second-order valence-electron chi connectivity index (χ2n) is 2.24. The molecule has 0 aromatic carbocycles. The maximum atomic E-state index is 4.11. The van der Waals surface area contributed by atoms with Crippen LogP contribution in [0.3, 0.4) is 0 Å². The zero-order valence-corrected chi connectivity index (χ0v) is 5.70. The molecule has 50 valence electrons. The summed E-state index contributed by atoms with van der Waals surface area (Å²) in [4.78, 5) is 7.15. The van der Waals surface area contributed by atoms with E-state index in [0.29, 0.717) is 0 Å². The maximum Gasteiger partial charge on any atom is 0.400 e. The lowest BCUT2D eigenvalue weighted by atomic mass is 10.5. The highest BCUT2D eigenvalue weighted by molar-refractivity contribution is 5.15. The van der Waals surface area contributed by atoms with Crippen LogP contribution in [-0.2, 0) is 0 Å². The van der Waals surface area contributed by atoms with Crippen molar-refractivity contribution in [2.75, 3.05) is 0 Å². The molecule has 0 unspecified atom stereocenters. The molecule has 3 heteroatoms. The molecule has 0 saturated carbocycles. The van der Waals surface area contributed by atoms with Gasteiger partial charge in [0.1, 0.15) is 11.9 Å². The first kappa shape index (κ1) is 5.41. The summed E-state index contributed by atoms with van der Waals surface area (Å²) >= 11 is 0. The summed E-state index contributed by atoms with van der Waals surface area (Å²) in [5.41, 5.74) is 1.17. The van der Waals surface area contributed by atoms with Crippen LogP contribution in [-0.4, -0.2) is 9.97 Å². The van der Waals surface area contributed by atoms with E-state index in [-0.39, 0.29) is 0 Å². The summed E-state index contributed by atoms with van der Waals surface area (Å²) in [6.45, 7) is 2.03. The minimum atomic E-state index is 0.889. The molecule has 0 aliphatic carbocycles. The first-order chi connectivity index (χ1) is 4.88. The van der Waals surface area contributed by atoms with Gasteiger partial charge in [0.2, 0.25) is 0 Å². The van der Waals surface area contributed by atoms with Crippen molar-refractivity contribution >= 4 is 5.78 Å². The fourth-order valence-electron chi connectivity index (χ4n) is 1.00. The molecule has 2 aromatic heterocycles. The van der Waals surface area contributed by atoms with Crippen LogP contribution in [0.2, 0.25) is 0 Å². The standard InChI is InChI=1S/C7H7N3/c1-6-5-9-7-8-3-2-4-10(6)7/h2-5H,1H3/p+1. The molecule has 0 aliphatic rings. The van der Waals surface area contributed by atoms with Gasteiger partial charge < -0.3 is 0 Å². The number of rotatable bonds is 0. The van der Waals surface area contributed by atoms with E-state index >= 15 is 0 Å². The third-order valence-corrected chi connectivity index (χ3v) is 1.54. The Balaban J connectivity index is 2.93. The average Bonchev–Trinajstić information content (AvgIpc) is 2.34. The Kier molecular flexibility index (Phi) is 0.974. The van der Waals surface area contributed by atoms with Gasteiger partial charge in [-0.05, 0) is 6.92 Å². The second-order valence-corrected chi connectivity index (χ2v) is 2.24. The molecule has 0 aliphatic heterocycles. The highest BCUT2D eigenvalue weighted by atomic mass is 15.1. The third-order valence-electron chi connectivity index (χ3n) is 1.54. The fraction of sp³-hybridized carbons (Fsp3) is 0.143. The summed E-state index contributed by atoms with van der Waals surface area (Å²) in [7, 11) is 0. The third kappa shape index (κ3) is 0.603. The molecular weight excluding hydrogens is 126 g/mol. The summed E-state index contributed by atoms with van der Waals surface area (Å²) in [5, 5.41) is 0. The molecule has 3 nitrogen and oxygen atoms in total. The molecule has 0 atom stereocenters. The lowest BCUT2D eigenvalue weighted by Gasteiger charge is -1.82. The number of hydrogen-bond acceptors (Lipinski definition) is 1. The van der Waals surface area contributed by atoms with Gasteiger partial charge in [0.15, 0.2) is 0 Å². The Morgan fingerprint density at radius 3 is 3.30 bits per heavy atom. The first-order valence-electron chi connectivity index (χ1n) is 3.18. The van der Waals surface area contributed by atoms with Crippen molar-refractivity contribution in [1.82, 2.24) is 9.97 Å². The van der Waals surface area contributed by atoms with E-state index in [1.807, 2.05) is 29.8 Å². The number of nitrogens with zero attached hydrogens (tertiary/aromatic N) is 2. The number of aromatic amines is 1. The van der Waals surface area contributed by atoms with E-state index in [1.165, 1.54) is 5.69 Å². The van der Waals surface area contributed by atoms with E-state index < -0.39 is 0 Å². The minimum absolute atomic E-state index is 0.889. The van der Waals surface area contributed by atoms with Gasteiger partial charge in [0.25, 0.3) is 0 Å². The van der Waals surface area contributed by atoms with Crippen molar-refractivity contribution < 1.29 is 4.40 Å². The molecular formula is C7H8N3+. The average molecular weight is 134 g/mol. The van der Waals surface area contributed by atoms with Gasteiger partial charge in [-0.25, -0.2) is 9.38 Å². The number of H-pyrrole nitrogens is 1. The van der Waals surface area contributed by atoms with Crippen LogP contribution in [0, 0.1) is 6.92 Å². The van der Waals surface area contributed by atoms with Gasteiger partial charge in [0, 0.05) is 6.07 Å². The first-order valence-corrected chi connectivity index (χ1v) is 3.18. The molecule has 0 saturated heterocycles. The Morgan fingerprint density at radius 1 is 1.60 bits per heavy atom. The molecule has 0 fully saturated rings. The smallest absolute Gasteiger partial charge is 0.245 e. The predicted molar refractivity (Wildman–Crippen MR) is 36.5 cm³/mol. The van der Waals surface area contributed by atoms with Gasteiger partial charge in [-0.3, -0.25) is 0 Å². The van der Waals surface area contributed by atoms with E-state index in [1.54, 1.807) is 6.20 Å². The van der Waals surface area contributed by atoms with Gasteiger partial charge in [-0.15, -0.1) is 0 Å². The minimum Gasteiger partial charge on any atom is -0.245 e. The van der Waals surface area contributed by atoms with E-state index in [4.69, 9.17) is 0 Å². The number of aryl methyl sites for hydroxylation is 1. The van der Waals surface area contributed by atoms with Crippen LogP contribution in [0.25, 0.3) is 5.78 Å². The Bertz CT molecular complexity index is 350. The molecule has 10 heavy (non-hydrogen) atoms. The number of hydrogen-bond donors (Lipinski definition) is 1. The summed E-state index contributed by atoms with van der Waals surface area (Å²) in [6.07, 6.45) is 5.68. The topological polar surface area (TPSA) is 32.8 Å². The van der Waals surface area contributed by atoms with Crippen molar-refractivity contribution in [3.8, 4) is 0 Å². The fourth-order valence-corrected chi connectivity index (χ4v) is 1.00. The molecule has 0 bridgehead atoms. The summed E-state index contributed by atoms with van der Waals surface area (Å²) in [6, 6.07) is 1.91. The van der Waals surface area contributed by atoms with Crippen LogP contribution >= 0.6 is 0 Å². The molecule has 0 amide bonds. The normalized spacial score (nSPS) is 10.5. The van der Waals surface area contributed by atoms with Crippen molar-refractivity contribution in [3.05, 3.63) is 30.4 Å². The van der Waals surface area contributed by atoms with Crippen molar-refractivity contribution in [2.45, 2.75) is 6.92 Å². The zero-order chi connectivity index (χ0) is 6.97. The Hall–Kier alpha value is -1.38. The number of imidazole rings is 1. The molecule has 1 N–H and O–H groups in total. The van der Waals surface area contributed by atoms with Crippen LogP contribution in [0.15, 0.2) is 24.7 Å². The van der Waals surface area contributed by atoms with Crippen molar-refractivity contribution in [3.63, 3.8) is 0 Å². The molecule has 2 aromatic rings. The largest absolute Gasteiger partial charge is 0.400 e. The SMILES string of the molecule is Cc1c[nH]c2nccc[n+]12. The van der Waals surface area contributed by atoms with Gasteiger partial charge in [-0.1, -0.05) is 4.98 Å². The van der Waals surface area contributed by atoms with Gasteiger partial charge >= 0.3 is 5.78 Å². The Labute approximate surface area is 58.4 Å². The van der Waals surface area contributed by atoms with Gasteiger partial charge in [-0.2, -0.15) is 0 Å². The van der Waals surface area contributed by atoms with Crippen LogP contribution in [0.5, 0.6) is 0 Å². The highest BCUT2D eigenvalue weighted by Crippen LogP contribution is 1.89. The van der Waals surface area contributed by atoms with Crippen molar-refractivity contribution in [2.24, 2.45) is 0 Å². The number of aromatic nitrogens is 3. The highest BCUT2D eigenvalue weighted by Gasteiger charge is 2.03. The quantitative estimate of drug-likeness (QED) is 0.521. The molecule has 0 spiro atoms.